The van der Waals surface area contributed by atoms with Crippen LogP contribution in [-0.2, 0) is 6.54 Å². The average Bonchev–Trinajstić information content (AvgIpc) is 2.60. The van der Waals surface area contributed by atoms with E-state index in [2.05, 4.69) is 10.6 Å². The molecule has 0 aliphatic carbocycles. The van der Waals surface area contributed by atoms with E-state index in [0.29, 0.717) is 28.8 Å². The number of carbonyl (C=O) groups excluding carboxylic acids is 1. The molecule has 134 valence electrons. The molecule has 2 aromatic carbocycles. The lowest BCUT2D eigenvalue weighted by Crippen LogP contribution is -2.28. The summed E-state index contributed by atoms with van der Waals surface area (Å²) in [5.41, 5.74) is 2.42. The van der Waals surface area contributed by atoms with Gasteiger partial charge in [-0.1, -0.05) is 23.7 Å². The Morgan fingerprint density at radius 3 is 2.68 bits per heavy atom. The van der Waals surface area contributed by atoms with Crippen LogP contribution >= 0.6 is 11.6 Å². The van der Waals surface area contributed by atoms with Crippen molar-refractivity contribution >= 4 is 23.3 Å². The fourth-order valence-corrected chi connectivity index (χ4v) is 2.45. The van der Waals surface area contributed by atoms with Gasteiger partial charge in [0.05, 0.1) is 24.4 Å². The van der Waals surface area contributed by atoms with Gasteiger partial charge in [0.1, 0.15) is 6.61 Å². The van der Waals surface area contributed by atoms with Crippen molar-refractivity contribution in [1.82, 2.24) is 5.32 Å². The number of urea groups is 1. The average molecular weight is 365 g/mol. The third kappa shape index (κ3) is 5.55. The van der Waals surface area contributed by atoms with Crippen molar-refractivity contribution in [2.45, 2.75) is 13.5 Å². The van der Waals surface area contributed by atoms with Crippen LogP contribution in [0.4, 0.5) is 10.5 Å². The van der Waals surface area contributed by atoms with Crippen LogP contribution in [0, 0.1) is 6.92 Å². The highest BCUT2D eigenvalue weighted by molar-refractivity contribution is 6.33. The first-order valence-electron chi connectivity index (χ1n) is 7.75. The van der Waals surface area contributed by atoms with Gasteiger partial charge < -0.3 is 25.2 Å². The van der Waals surface area contributed by atoms with E-state index in [-0.39, 0.29) is 19.2 Å². The Bertz CT molecular complexity index is 737. The van der Waals surface area contributed by atoms with Crippen LogP contribution in [0.5, 0.6) is 11.5 Å². The summed E-state index contributed by atoms with van der Waals surface area (Å²) < 4.78 is 10.6. The summed E-state index contributed by atoms with van der Waals surface area (Å²) >= 11 is 6.10. The van der Waals surface area contributed by atoms with Crippen LogP contribution in [0.3, 0.4) is 0 Å². The smallest absolute Gasteiger partial charge is 0.319 e. The Hall–Kier alpha value is -2.44. The largest absolute Gasteiger partial charge is 0.493 e. The highest BCUT2D eigenvalue weighted by atomic mass is 35.5. The van der Waals surface area contributed by atoms with E-state index >= 15 is 0 Å². The number of anilines is 1. The number of nitrogens with one attached hydrogen (secondary N) is 2. The van der Waals surface area contributed by atoms with Crippen molar-refractivity contribution in [2.75, 3.05) is 25.6 Å². The van der Waals surface area contributed by atoms with Crippen molar-refractivity contribution in [3.63, 3.8) is 0 Å². The molecule has 2 rings (SSSR count). The second-order valence-electron chi connectivity index (χ2n) is 5.35. The molecular weight excluding hydrogens is 344 g/mol. The van der Waals surface area contributed by atoms with Crippen molar-refractivity contribution in [2.24, 2.45) is 0 Å². The molecule has 0 fully saturated rings. The van der Waals surface area contributed by atoms with Crippen molar-refractivity contribution in [3.8, 4) is 11.5 Å². The minimum atomic E-state index is -0.356. The molecule has 0 spiro atoms. The monoisotopic (exact) mass is 364 g/mol. The quantitative estimate of drug-likeness (QED) is 0.704. The lowest BCUT2D eigenvalue weighted by molar-refractivity contribution is 0.196. The van der Waals surface area contributed by atoms with E-state index in [1.54, 1.807) is 24.3 Å². The molecule has 0 radical (unpaired) electrons. The Balaban J connectivity index is 1.94. The van der Waals surface area contributed by atoms with E-state index in [4.69, 9.17) is 26.2 Å². The minimum absolute atomic E-state index is 0.0752. The van der Waals surface area contributed by atoms with Crippen LogP contribution in [-0.4, -0.2) is 31.5 Å². The van der Waals surface area contributed by atoms with Gasteiger partial charge in [0.15, 0.2) is 11.5 Å². The second kappa shape index (κ2) is 9.15. The summed E-state index contributed by atoms with van der Waals surface area (Å²) in [5.74, 6) is 1.07. The van der Waals surface area contributed by atoms with Gasteiger partial charge in [-0.05, 0) is 42.3 Å². The third-order valence-corrected chi connectivity index (χ3v) is 3.72. The van der Waals surface area contributed by atoms with Gasteiger partial charge >= 0.3 is 6.03 Å². The minimum Gasteiger partial charge on any atom is -0.493 e. The maximum absolute atomic E-state index is 12.0. The zero-order chi connectivity index (χ0) is 18.2. The number of methoxy groups -OCH3 is 1. The predicted octanol–water partition coefficient (Wildman–Crippen LogP) is 3.35. The molecule has 0 heterocycles. The summed E-state index contributed by atoms with van der Waals surface area (Å²) in [7, 11) is 1.53. The number of ether oxygens (including phenoxy) is 2. The van der Waals surface area contributed by atoms with Gasteiger partial charge in [0.25, 0.3) is 0 Å². The SMILES string of the molecule is COc1cc(CNC(=O)Nc2ccc(C)cc2Cl)ccc1OCCO. The molecule has 6 nitrogen and oxygen atoms in total. The summed E-state index contributed by atoms with van der Waals surface area (Å²) in [5, 5.41) is 14.8. The molecule has 0 saturated carbocycles. The van der Waals surface area contributed by atoms with Gasteiger partial charge in [-0.25, -0.2) is 4.79 Å². The number of amides is 2. The molecule has 3 N–H and O–H groups in total. The summed E-state index contributed by atoms with van der Waals surface area (Å²) in [6.45, 7) is 2.35. The molecule has 7 heteroatoms. The van der Waals surface area contributed by atoms with Crippen LogP contribution < -0.4 is 20.1 Å². The van der Waals surface area contributed by atoms with Crippen molar-refractivity contribution < 1.29 is 19.4 Å². The zero-order valence-corrected chi connectivity index (χ0v) is 14.9. The first-order chi connectivity index (χ1) is 12.0. The number of aliphatic hydroxyl groups excluding tert-OH is 1. The van der Waals surface area contributed by atoms with Crippen LogP contribution in [0.15, 0.2) is 36.4 Å². The molecule has 0 saturated heterocycles. The van der Waals surface area contributed by atoms with E-state index < -0.39 is 0 Å². The van der Waals surface area contributed by atoms with Crippen LogP contribution in [0.1, 0.15) is 11.1 Å². The second-order valence-corrected chi connectivity index (χ2v) is 5.76. The fraction of sp³-hybridized carbons (Fsp3) is 0.278. The highest BCUT2D eigenvalue weighted by Gasteiger charge is 2.08. The summed E-state index contributed by atoms with van der Waals surface area (Å²) in [6.07, 6.45) is 0. The Kier molecular flexibility index (Phi) is 6.91. The Morgan fingerprint density at radius 1 is 1.20 bits per heavy atom. The van der Waals surface area contributed by atoms with Crippen molar-refractivity contribution in [1.29, 1.82) is 0 Å². The summed E-state index contributed by atoms with van der Waals surface area (Å²) in [4.78, 5) is 12.0. The van der Waals surface area contributed by atoms with Gasteiger partial charge in [0.2, 0.25) is 0 Å². The van der Waals surface area contributed by atoms with E-state index in [1.807, 2.05) is 19.1 Å². The van der Waals surface area contributed by atoms with E-state index in [0.717, 1.165) is 11.1 Å². The van der Waals surface area contributed by atoms with Gasteiger partial charge in [-0.3, -0.25) is 0 Å². The standard InChI is InChI=1S/C18H21ClN2O4/c1-12-3-5-15(14(19)9-12)21-18(23)20-11-13-4-6-16(25-8-7-22)17(10-13)24-2/h3-6,9-10,22H,7-8,11H2,1-2H3,(H2,20,21,23). The number of aliphatic hydroxyl groups is 1. The maximum Gasteiger partial charge on any atom is 0.319 e. The normalized spacial score (nSPS) is 10.2. The molecule has 25 heavy (non-hydrogen) atoms. The first-order valence-corrected chi connectivity index (χ1v) is 8.13. The number of rotatable bonds is 7. The lowest BCUT2D eigenvalue weighted by atomic mass is 10.2. The number of carbonyl (C=O) groups is 1. The van der Waals surface area contributed by atoms with Crippen LogP contribution in [0.25, 0.3) is 0 Å². The molecule has 2 aromatic rings. The molecule has 0 aliphatic heterocycles. The third-order valence-electron chi connectivity index (χ3n) is 3.40. The van der Waals surface area contributed by atoms with E-state index in [9.17, 15) is 4.79 Å². The molecule has 2 amide bonds. The zero-order valence-electron chi connectivity index (χ0n) is 14.1. The molecular formula is C18H21ClN2O4. The Morgan fingerprint density at radius 2 is 2.00 bits per heavy atom. The molecule has 0 atom stereocenters. The van der Waals surface area contributed by atoms with Gasteiger partial charge in [-0.15, -0.1) is 0 Å². The number of benzene rings is 2. The molecule has 0 aromatic heterocycles. The summed E-state index contributed by atoms with van der Waals surface area (Å²) in [6, 6.07) is 10.4. The van der Waals surface area contributed by atoms with Gasteiger partial charge in [0, 0.05) is 6.54 Å². The number of aryl methyl sites for hydroxylation is 1. The predicted molar refractivity (Wildman–Crippen MR) is 97.6 cm³/mol. The fourth-order valence-electron chi connectivity index (χ4n) is 2.17. The molecule has 0 unspecified atom stereocenters. The first kappa shape index (κ1) is 18.9. The number of halogens is 1. The lowest BCUT2D eigenvalue weighted by Gasteiger charge is -2.13. The van der Waals surface area contributed by atoms with Crippen LogP contribution in [0.2, 0.25) is 5.02 Å². The maximum atomic E-state index is 12.0. The van der Waals surface area contributed by atoms with Crippen molar-refractivity contribution in [3.05, 3.63) is 52.5 Å². The molecule has 0 aliphatic rings. The highest BCUT2D eigenvalue weighted by Crippen LogP contribution is 2.28. The Labute approximate surface area is 151 Å². The molecule has 0 bridgehead atoms. The van der Waals surface area contributed by atoms with Gasteiger partial charge in [-0.2, -0.15) is 0 Å². The number of hydrogen-bond donors (Lipinski definition) is 3. The van der Waals surface area contributed by atoms with E-state index in [1.165, 1.54) is 7.11 Å². The topological polar surface area (TPSA) is 79.8 Å². The number of hydrogen-bond acceptors (Lipinski definition) is 4.